The third-order valence-corrected chi connectivity index (χ3v) is 2.76. The number of methoxy groups -OCH3 is 1. The molecule has 0 bridgehead atoms. The minimum Gasteiger partial charge on any atom is -0.493 e. The van der Waals surface area contributed by atoms with Crippen molar-refractivity contribution in [3.05, 3.63) is 52.5 Å². The lowest BCUT2D eigenvalue weighted by atomic mass is 10.3. The van der Waals surface area contributed by atoms with E-state index in [2.05, 4.69) is 5.32 Å². The van der Waals surface area contributed by atoms with E-state index in [1.807, 2.05) is 0 Å². The Labute approximate surface area is 125 Å². The van der Waals surface area contributed by atoms with Crippen LogP contribution in [0.15, 0.2) is 41.0 Å². The van der Waals surface area contributed by atoms with Crippen LogP contribution in [0.25, 0.3) is 0 Å². The zero-order chi connectivity index (χ0) is 15.9. The highest BCUT2D eigenvalue weighted by Crippen LogP contribution is 2.30. The zero-order valence-electron chi connectivity index (χ0n) is 11.8. The number of nitro benzene ring substituents is 1. The number of furan rings is 1. The Morgan fingerprint density at radius 1 is 1.36 bits per heavy atom. The molecule has 0 radical (unpaired) electrons. The number of rotatable bonds is 7. The summed E-state index contributed by atoms with van der Waals surface area (Å²) in [5.41, 5.74) is -0.146. The number of nitrogens with one attached hydrogen (secondary N) is 1. The van der Waals surface area contributed by atoms with E-state index in [1.165, 1.54) is 31.6 Å². The number of hydrogen-bond acceptors (Lipinski definition) is 6. The topological polar surface area (TPSA) is 104 Å². The largest absolute Gasteiger partial charge is 0.493 e. The van der Waals surface area contributed by atoms with Gasteiger partial charge < -0.3 is 19.2 Å². The fourth-order valence-electron chi connectivity index (χ4n) is 1.68. The Balaban J connectivity index is 1.93. The number of benzene rings is 1. The maximum Gasteiger partial charge on any atom is 0.273 e. The summed E-state index contributed by atoms with van der Waals surface area (Å²) in [6.07, 6.45) is 1.51. The van der Waals surface area contributed by atoms with Crippen molar-refractivity contribution < 1.29 is 23.6 Å². The standard InChI is InChI=1S/C14H14N2O6/c1-20-12-5-4-10(16(18)19)7-13(12)22-9-14(17)15-8-11-3-2-6-21-11/h2-7H,8-9H2,1H3,(H,15,17). The van der Waals surface area contributed by atoms with Crippen LogP contribution < -0.4 is 14.8 Å². The molecule has 0 fully saturated rings. The molecule has 8 heteroatoms. The van der Waals surface area contributed by atoms with E-state index in [9.17, 15) is 14.9 Å². The van der Waals surface area contributed by atoms with Gasteiger partial charge in [-0.05, 0) is 18.2 Å². The van der Waals surface area contributed by atoms with Crippen LogP contribution >= 0.6 is 0 Å². The first-order valence-electron chi connectivity index (χ1n) is 6.34. The van der Waals surface area contributed by atoms with Crippen molar-refractivity contribution in [1.29, 1.82) is 0 Å². The SMILES string of the molecule is COc1ccc([N+](=O)[O-])cc1OCC(=O)NCc1ccco1. The second kappa shape index (κ2) is 7.11. The Morgan fingerprint density at radius 2 is 2.18 bits per heavy atom. The molecule has 116 valence electrons. The average Bonchev–Trinajstić information content (AvgIpc) is 3.03. The first-order valence-corrected chi connectivity index (χ1v) is 6.34. The molecule has 1 amide bonds. The number of non-ortho nitro benzene ring substituents is 1. The van der Waals surface area contributed by atoms with Gasteiger partial charge in [0.15, 0.2) is 18.1 Å². The first kappa shape index (κ1) is 15.4. The van der Waals surface area contributed by atoms with Gasteiger partial charge in [-0.3, -0.25) is 14.9 Å². The molecule has 22 heavy (non-hydrogen) atoms. The molecular weight excluding hydrogens is 292 g/mol. The first-order chi connectivity index (χ1) is 10.6. The summed E-state index contributed by atoms with van der Waals surface area (Å²) in [4.78, 5) is 21.9. The molecule has 0 aliphatic rings. The van der Waals surface area contributed by atoms with E-state index in [4.69, 9.17) is 13.9 Å². The Kier molecular flexibility index (Phi) is 4.97. The predicted octanol–water partition coefficient (Wildman–Crippen LogP) is 1.89. The minimum atomic E-state index is -0.552. The predicted molar refractivity (Wildman–Crippen MR) is 75.7 cm³/mol. The van der Waals surface area contributed by atoms with Crippen molar-refractivity contribution in [2.24, 2.45) is 0 Å². The second-order valence-electron chi connectivity index (χ2n) is 4.24. The summed E-state index contributed by atoms with van der Waals surface area (Å²) in [6.45, 7) is -0.0560. The molecule has 1 N–H and O–H groups in total. The van der Waals surface area contributed by atoms with Crippen molar-refractivity contribution in [3.8, 4) is 11.5 Å². The summed E-state index contributed by atoms with van der Waals surface area (Å²) in [5, 5.41) is 13.3. The number of hydrogen-bond donors (Lipinski definition) is 1. The molecule has 8 nitrogen and oxygen atoms in total. The normalized spacial score (nSPS) is 10.0. The van der Waals surface area contributed by atoms with Gasteiger partial charge in [0.05, 0.1) is 30.9 Å². The van der Waals surface area contributed by atoms with Crippen LogP contribution in [0.1, 0.15) is 5.76 Å². The fraction of sp³-hybridized carbons (Fsp3) is 0.214. The van der Waals surface area contributed by atoms with Crippen molar-refractivity contribution in [1.82, 2.24) is 5.32 Å². The van der Waals surface area contributed by atoms with Gasteiger partial charge in [-0.2, -0.15) is 0 Å². The maximum absolute atomic E-state index is 11.7. The lowest BCUT2D eigenvalue weighted by Crippen LogP contribution is -2.28. The third kappa shape index (κ3) is 3.98. The van der Waals surface area contributed by atoms with Gasteiger partial charge in [0.2, 0.25) is 0 Å². The van der Waals surface area contributed by atoms with Crippen LogP contribution in [0.5, 0.6) is 11.5 Å². The van der Waals surface area contributed by atoms with Gasteiger partial charge in [-0.15, -0.1) is 0 Å². The van der Waals surface area contributed by atoms with Crippen molar-refractivity contribution in [2.45, 2.75) is 6.54 Å². The number of carbonyl (C=O) groups excluding carboxylic acids is 1. The third-order valence-electron chi connectivity index (χ3n) is 2.76. The Hall–Kier alpha value is -3.03. The summed E-state index contributed by atoms with van der Waals surface area (Å²) in [7, 11) is 1.41. The lowest BCUT2D eigenvalue weighted by Gasteiger charge is -2.10. The highest BCUT2D eigenvalue weighted by molar-refractivity contribution is 5.77. The van der Waals surface area contributed by atoms with Crippen molar-refractivity contribution in [2.75, 3.05) is 13.7 Å². The average molecular weight is 306 g/mol. The molecule has 0 aliphatic carbocycles. The number of nitrogens with zero attached hydrogens (tertiary/aromatic N) is 1. The summed E-state index contributed by atoms with van der Waals surface area (Å²) in [6, 6.07) is 7.35. The summed E-state index contributed by atoms with van der Waals surface area (Å²) < 4.78 is 15.4. The van der Waals surface area contributed by atoms with Crippen molar-refractivity contribution >= 4 is 11.6 Å². The Bertz CT molecular complexity index is 653. The smallest absolute Gasteiger partial charge is 0.273 e. The van der Waals surface area contributed by atoms with Crippen LogP contribution in [0.4, 0.5) is 5.69 Å². The number of carbonyl (C=O) groups is 1. The molecule has 0 saturated heterocycles. The lowest BCUT2D eigenvalue weighted by molar-refractivity contribution is -0.385. The van der Waals surface area contributed by atoms with Crippen LogP contribution in [0.2, 0.25) is 0 Å². The molecule has 0 aliphatic heterocycles. The van der Waals surface area contributed by atoms with E-state index < -0.39 is 4.92 Å². The molecule has 0 spiro atoms. The van der Waals surface area contributed by atoms with Gasteiger partial charge in [0, 0.05) is 6.07 Å². The van der Waals surface area contributed by atoms with Gasteiger partial charge in [0.25, 0.3) is 11.6 Å². The number of nitro groups is 1. The van der Waals surface area contributed by atoms with Gasteiger partial charge in [-0.1, -0.05) is 0 Å². The molecule has 1 aromatic carbocycles. The van der Waals surface area contributed by atoms with Crippen LogP contribution in [0.3, 0.4) is 0 Å². The molecule has 0 saturated carbocycles. The monoisotopic (exact) mass is 306 g/mol. The Morgan fingerprint density at radius 3 is 2.82 bits per heavy atom. The highest BCUT2D eigenvalue weighted by atomic mass is 16.6. The zero-order valence-corrected chi connectivity index (χ0v) is 11.8. The molecule has 1 heterocycles. The van der Waals surface area contributed by atoms with E-state index in [0.717, 1.165) is 0 Å². The molecule has 0 unspecified atom stereocenters. The van der Waals surface area contributed by atoms with E-state index in [0.29, 0.717) is 11.5 Å². The van der Waals surface area contributed by atoms with Gasteiger partial charge in [0.1, 0.15) is 5.76 Å². The van der Waals surface area contributed by atoms with E-state index >= 15 is 0 Å². The van der Waals surface area contributed by atoms with E-state index in [-0.39, 0.29) is 30.5 Å². The van der Waals surface area contributed by atoms with Gasteiger partial charge in [-0.25, -0.2) is 0 Å². The number of amides is 1. The highest BCUT2D eigenvalue weighted by Gasteiger charge is 2.13. The van der Waals surface area contributed by atoms with E-state index in [1.54, 1.807) is 12.1 Å². The maximum atomic E-state index is 11.7. The van der Waals surface area contributed by atoms with Crippen LogP contribution in [0, 0.1) is 10.1 Å². The van der Waals surface area contributed by atoms with Crippen molar-refractivity contribution in [3.63, 3.8) is 0 Å². The quantitative estimate of drug-likeness (QED) is 0.619. The summed E-state index contributed by atoms with van der Waals surface area (Å²) >= 11 is 0. The van der Waals surface area contributed by atoms with Gasteiger partial charge >= 0.3 is 0 Å². The minimum absolute atomic E-state index is 0.129. The number of ether oxygens (including phenoxy) is 2. The van der Waals surface area contributed by atoms with Crippen LogP contribution in [-0.4, -0.2) is 24.5 Å². The molecule has 0 atom stereocenters. The molecule has 1 aromatic heterocycles. The molecular formula is C14H14N2O6. The summed E-state index contributed by atoms with van der Waals surface area (Å²) in [5.74, 6) is 0.667. The van der Waals surface area contributed by atoms with Crippen LogP contribution in [-0.2, 0) is 11.3 Å². The molecule has 2 aromatic rings. The second-order valence-corrected chi connectivity index (χ2v) is 4.24. The molecule has 2 rings (SSSR count). The fourth-order valence-corrected chi connectivity index (χ4v) is 1.68.